The molecule has 2 heterocycles. The lowest BCUT2D eigenvalue weighted by molar-refractivity contribution is 0.174. The fourth-order valence-corrected chi connectivity index (χ4v) is 2.34. The number of fused-ring (bicyclic) bond motifs is 1. The molecule has 1 fully saturated rings. The zero-order chi connectivity index (χ0) is 11.0. The van der Waals surface area contributed by atoms with Crippen molar-refractivity contribution in [2.75, 3.05) is 13.3 Å². The number of rotatable bonds is 1. The lowest BCUT2D eigenvalue weighted by Crippen LogP contribution is -2.26. The van der Waals surface area contributed by atoms with Gasteiger partial charge in [0.2, 0.25) is 6.79 Å². The topological polar surface area (TPSA) is 50.7 Å². The fraction of sp³-hybridized carbons (Fsp3) is 0.500. The van der Waals surface area contributed by atoms with Crippen LogP contribution in [0.15, 0.2) is 12.1 Å². The molecule has 0 aliphatic carbocycles. The second-order valence-electron chi connectivity index (χ2n) is 4.27. The van der Waals surface area contributed by atoms with Gasteiger partial charge in [0, 0.05) is 17.7 Å². The molecular weight excluding hydrogens is 206 g/mol. The van der Waals surface area contributed by atoms with Crippen LogP contribution in [0.1, 0.15) is 30.9 Å². The Morgan fingerprint density at radius 3 is 2.75 bits per heavy atom. The van der Waals surface area contributed by atoms with Gasteiger partial charge >= 0.3 is 0 Å². The van der Waals surface area contributed by atoms with Crippen molar-refractivity contribution in [1.29, 1.82) is 0 Å². The molecule has 0 amide bonds. The van der Waals surface area contributed by atoms with E-state index in [9.17, 15) is 5.11 Å². The third kappa shape index (κ3) is 1.59. The Bertz CT molecular complexity index is 399. The highest BCUT2D eigenvalue weighted by Gasteiger charge is 2.23. The van der Waals surface area contributed by atoms with Crippen LogP contribution < -0.4 is 14.8 Å². The van der Waals surface area contributed by atoms with Gasteiger partial charge < -0.3 is 19.9 Å². The van der Waals surface area contributed by atoms with Crippen molar-refractivity contribution < 1.29 is 14.6 Å². The summed E-state index contributed by atoms with van der Waals surface area (Å²) in [6.45, 7) is 1.26. The van der Waals surface area contributed by atoms with E-state index in [1.165, 1.54) is 12.8 Å². The molecule has 2 aliphatic heterocycles. The number of benzene rings is 1. The monoisotopic (exact) mass is 221 g/mol. The summed E-state index contributed by atoms with van der Waals surface area (Å²) in [5.41, 5.74) is 0.920. The van der Waals surface area contributed by atoms with E-state index in [0.717, 1.165) is 24.3 Å². The van der Waals surface area contributed by atoms with Crippen molar-refractivity contribution in [2.45, 2.75) is 25.3 Å². The molecule has 1 aromatic rings. The van der Waals surface area contributed by atoms with Crippen LogP contribution in [0.4, 0.5) is 0 Å². The van der Waals surface area contributed by atoms with E-state index in [1.807, 2.05) is 6.07 Å². The maximum absolute atomic E-state index is 9.95. The molecular formula is C12H15NO3. The molecule has 16 heavy (non-hydrogen) atoms. The van der Waals surface area contributed by atoms with Gasteiger partial charge in [-0.2, -0.15) is 0 Å². The quantitative estimate of drug-likeness (QED) is 0.761. The third-order valence-corrected chi connectivity index (χ3v) is 3.21. The van der Waals surface area contributed by atoms with Crippen LogP contribution in [-0.2, 0) is 0 Å². The van der Waals surface area contributed by atoms with Crippen LogP contribution >= 0.6 is 0 Å². The zero-order valence-corrected chi connectivity index (χ0v) is 9.03. The molecule has 0 saturated carbocycles. The van der Waals surface area contributed by atoms with Gasteiger partial charge in [-0.05, 0) is 25.5 Å². The number of aromatic hydroxyl groups is 1. The first-order valence-corrected chi connectivity index (χ1v) is 5.70. The molecule has 3 rings (SSSR count). The standard InChI is InChI=1S/C12H15NO3/c14-10-6-12-11(15-7-16-12)5-8(10)9-3-1-2-4-13-9/h5-6,9,13-14H,1-4,7H2. The molecule has 2 aliphatic rings. The lowest BCUT2D eigenvalue weighted by Gasteiger charge is -2.24. The Hall–Kier alpha value is -1.42. The average molecular weight is 221 g/mol. The van der Waals surface area contributed by atoms with Gasteiger partial charge in [0.05, 0.1) is 0 Å². The summed E-state index contributed by atoms with van der Waals surface area (Å²) in [6.07, 6.45) is 3.47. The highest BCUT2D eigenvalue weighted by Crippen LogP contribution is 2.41. The van der Waals surface area contributed by atoms with E-state index in [1.54, 1.807) is 6.07 Å². The summed E-state index contributed by atoms with van der Waals surface area (Å²) >= 11 is 0. The second-order valence-corrected chi connectivity index (χ2v) is 4.27. The fourth-order valence-electron chi connectivity index (χ4n) is 2.34. The first-order chi connectivity index (χ1) is 7.84. The smallest absolute Gasteiger partial charge is 0.231 e. The lowest BCUT2D eigenvalue weighted by atomic mass is 9.96. The number of hydrogen-bond acceptors (Lipinski definition) is 4. The van der Waals surface area contributed by atoms with Gasteiger partial charge in [-0.3, -0.25) is 0 Å². The number of hydrogen-bond donors (Lipinski definition) is 2. The van der Waals surface area contributed by atoms with Crippen LogP contribution in [0.3, 0.4) is 0 Å². The number of piperidine rings is 1. The van der Waals surface area contributed by atoms with Crippen molar-refractivity contribution in [1.82, 2.24) is 5.32 Å². The number of phenolic OH excluding ortho intramolecular Hbond substituents is 1. The zero-order valence-electron chi connectivity index (χ0n) is 9.03. The summed E-state index contributed by atoms with van der Waals surface area (Å²) in [7, 11) is 0. The number of nitrogens with one attached hydrogen (secondary N) is 1. The SMILES string of the molecule is Oc1cc2c(cc1C1CCCCN1)OCO2. The van der Waals surface area contributed by atoms with Crippen molar-refractivity contribution in [3.8, 4) is 17.2 Å². The Balaban J connectivity index is 1.94. The third-order valence-electron chi connectivity index (χ3n) is 3.21. The molecule has 0 aromatic heterocycles. The van der Waals surface area contributed by atoms with E-state index in [-0.39, 0.29) is 12.8 Å². The van der Waals surface area contributed by atoms with Crippen LogP contribution in [-0.4, -0.2) is 18.4 Å². The van der Waals surface area contributed by atoms with E-state index >= 15 is 0 Å². The molecule has 4 nitrogen and oxygen atoms in total. The average Bonchev–Trinajstić information content (AvgIpc) is 2.76. The van der Waals surface area contributed by atoms with Gasteiger partial charge in [0.25, 0.3) is 0 Å². The van der Waals surface area contributed by atoms with Crippen LogP contribution in [0.25, 0.3) is 0 Å². The van der Waals surface area contributed by atoms with Crippen LogP contribution in [0, 0.1) is 0 Å². The molecule has 86 valence electrons. The van der Waals surface area contributed by atoms with Crippen LogP contribution in [0.2, 0.25) is 0 Å². The molecule has 4 heteroatoms. The van der Waals surface area contributed by atoms with Gasteiger partial charge in [0.15, 0.2) is 11.5 Å². The van der Waals surface area contributed by atoms with Crippen molar-refractivity contribution >= 4 is 0 Å². The number of ether oxygens (including phenoxy) is 2. The summed E-state index contributed by atoms with van der Waals surface area (Å²) in [6, 6.07) is 3.78. The van der Waals surface area contributed by atoms with E-state index in [4.69, 9.17) is 9.47 Å². The minimum Gasteiger partial charge on any atom is -0.507 e. The van der Waals surface area contributed by atoms with Crippen molar-refractivity contribution in [3.05, 3.63) is 17.7 Å². The first-order valence-electron chi connectivity index (χ1n) is 5.70. The summed E-state index contributed by atoms with van der Waals surface area (Å²) in [4.78, 5) is 0. The minimum atomic E-state index is 0.239. The summed E-state index contributed by atoms with van der Waals surface area (Å²) < 4.78 is 10.5. The Morgan fingerprint density at radius 2 is 2.00 bits per heavy atom. The minimum absolute atomic E-state index is 0.239. The highest BCUT2D eigenvalue weighted by molar-refractivity contribution is 5.52. The molecule has 1 saturated heterocycles. The van der Waals surface area contributed by atoms with Gasteiger partial charge in [-0.25, -0.2) is 0 Å². The van der Waals surface area contributed by atoms with Crippen molar-refractivity contribution in [3.63, 3.8) is 0 Å². The first kappa shape index (κ1) is 9.78. The second kappa shape index (κ2) is 3.87. The predicted octanol–water partition coefficient (Wildman–Crippen LogP) is 1.94. The maximum Gasteiger partial charge on any atom is 0.231 e. The van der Waals surface area contributed by atoms with E-state index < -0.39 is 0 Å². The van der Waals surface area contributed by atoms with Gasteiger partial charge in [-0.1, -0.05) is 6.42 Å². The van der Waals surface area contributed by atoms with Gasteiger partial charge in [-0.15, -0.1) is 0 Å². The summed E-state index contributed by atoms with van der Waals surface area (Å²) in [5.74, 6) is 1.67. The molecule has 1 atom stereocenters. The molecule has 0 bridgehead atoms. The molecule has 0 radical (unpaired) electrons. The Morgan fingerprint density at radius 1 is 1.19 bits per heavy atom. The number of phenols is 1. The normalized spacial score (nSPS) is 23.4. The van der Waals surface area contributed by atoms with E-state index in [2.05, 4.69) is 5.32 Å². The predicted molar refractivity (Wildman–Crippen MR) is 58.8 cm³/mol. The maximum atomic E-state index is 9.95. The van der Waals surface area contributed by atoms with Crippen LogP contribution in [0.5, 0.6) is 17.2 Å². The molecule has 1 aromatic carbocycles. The highest BCUT2D eigenvalue weighted by atomic mass is 16.7. The molecule has 2 N–H and O–H groups in total. The van der Waals surface area contributed by atoms with E-state index in [0.29, 0.717) is 11.5 Å². The summed E-state index contributed by atoms with van der Waals surface area (Å²) in [5, 5.41) is 13.4. The van der Waals surface area contributed by atoms with Gasteiger partial charge in [0.1, 0.15) is 5.75 Å². The largest absolute Gasteiger partial charge is 0.507 e. The molecule has 1 unspecified atom stereocenters. The Kier molecular flexibility index (Phi) is 2.36. The van der Waals surface area contributed by atoms with Crippen molar-refractivity contribution in [2.24, 2.45) is 0 Å². The Labute approximate surface area is 94.2 Å². The molecule has 0 spiro atoms.